The highest BCUT2D eigenvalue weighted by molar-refractivity contribution is 6.32. The number of aromatic nitrogens is 2. The Morgan fingerprint density at radius 1 is 1.44 bits per heavy atom. The van der Waals surface area contributed by atoms with Crippen LogP contribution < -0.4 is 0 Å². The largest absolute Gasteiger partial charge is 0.475 e. The van der Waals surface area contributed by atoms with Crippen LogP contribution >= 0.6 is 11.6 Å². The zero-order valence-electron chi connectivity index (χ0n) is 9.32. The summed E-state index contributed by atoms with van der Waals surface area (Å²) in [6, 6.07) is 4.46. The van der Waals surface area contributed by atoms with Crippen molar-refractivity contribution in [3.8, 4) is 11.3 Å². The molecule has 92 valence electrons. The first kappa shape index (κ1) is 12.4. The molecule has 1 N–H and O–H groups in total. The molecule has 1 aromatic carbocycles. The number of hydrogen-bond acceptors (Lipinski definition) is 3. The Hall–Kier alpha value is -2.01. The molecule has 0 fully saturated rings. The van der Waals surface area contributed by atoms with Gasteiger partial charge in [0, 0.05) is 5.56 Å². The monoisotopic (exact) mass is 266 g/mol. The van der Waals surface area contributed by atoms with Gasteiger partial charge in [-0.05, 0) is 18.6 Å². The molecule has 0 bridgehead atoms. The summed E-state index contributed by atoms with van der Waals surface area (Å²) in [5.74, 6) is -2.05. The summed E-state index contributed by atoms with van der Waals surface area (Å²) in [5, 5.41) is 8.97. The van der Waals surface area contributed by atoms with Gasteiger partial charge in [-0.25, -0.2) is 19.2 Å². The first-order valence-electron chi connectivity index (χ1n) is 5.01. The second-order valence-electron chi connectivity index (χ2n) is 3.66. The lowest BCUT2D eigenvalue weighted by atomic mass is 10.1. The maximum atomic E-state index is 13.5. The molecule has 2 rings (SSSR count). The van der Waals surface area contributed by atoms with Crippen LogP contribution in [-0.4, -0.2) is 21.0 Å². The van der Waals surface area contributed by atoms with Crippen molar-refractivity contribution in [2.75, 3.05) is 0 Å². The second kappa shape index (κ2) is 4.70. The van der Waals surface area contributed by atoms with Crippen LogP contribution in [0.15, 0.2) is 24.4 Å². The standard InChI is InChI=1S/C12H8ClFN2O2/c1-6-2-3-7(4-9(6)14)10-8(13)5-15-11(16-10)12(17)18/h2-5H,1H3,(H,17,18). The summed E-state index contributed by atoms with van der Waals surface area (Å²) in [5.41, 5.74) is 1.10. The third-order valence-corrected chi connectivity index (χ3v) is 2.66. The van der Waals surface area contributed by atoms with E-state index in [2.05, 4.69) is 9.97 Å². The number of carbonyl (C=O) groups is 1. The van der Waals surface area contributed by atoms with Crippen LogP contribution in [0.2, 0.25) is 5.02 Å². The molecular formula is C12H8ClFN2O2. The van der Waals surface area contributed by atoms with E-state index in [4.69, 9.17) is 16.7 Å². The van der Waals surface area contributed by atoms with Gasteiger partial charge in [-0.1, -0.05) is 23.7 Å². The fourth-order valence-corrected chi connectivity index (χ4v) is 1.61. The van der Waals surface area contributed by atoms with Crippen LogP contribution in [-0.2, 0) is 0 Å². The minimum atomic E-state index is -1.26. The Morgan fingerprint density at radius 2 is 2.17 bits per heavy atom. The van der Waals surface area contributed by atoms with Crippen molar-refractivity contribution >= 4 is 17.6 Å². The third-order valence-electron chi connectivity index (χ3n) is 2.38. The van der Waals surface area contributed by atoms with Gasteiger partial charge in [0.25, 0.3) is 0 Å². The van der Waals surface area contributed by atoms with Gasteiger partial charge >= 0.3 is 5.97 Å². The Balaban J connectivity index is 2.58. The van der Waals surface area contributed by atoms with E-state index in [1.54, 1.807) is 19.1 Å². The van der Waals surface area contributed by atoms with Crippen LogP contribution in [0.4, 0.5) is 4.39 Å². The van der Waals surface area contributed by atoms with E-state index >= 15 is 0 Å². The minimum Gasteiger partial charge on any atom is -0.475 e. The minimum absolute atomic E-state index is 0.170. The predicted octanol–water partition coefficient (Wildman–Crippen LogP) is 2.94. The first-order chi connectivity index (χ1) is 8.49. The molecule has 1 aromatic heterocycles. The average molecular weight is 267 g/mol. The van der Waals surface area contributed by atoms with E-state index in [1.807, 2.05) is 0 Å². The summed E-state index contributed by atoms with van der Waals surface area (Å²) in [6.07, 6.45) is 1.19. The topological polar surface area (TPSA) is 63.1 Å². The highest BCUT2D eigenvalue weighted by atomic mass is 35.5. The Kier molecular flexibility index (Phi) is 3.25. The maximum Gasteiger partial charge on any atom is 0.373 e. The number of aromatic carboxylic acids is 1. The SMILES string of the molecule is Cc1ccc(-c2nc(C(=O)O)ncc2Cl)cc1F. The molecule has 0 saturated carbocycles. The Labute approximate surface area is 107 Å². The Bertz CT molecular complexity index is 631. The van der Waals surface area contributed by atoms with E-state index < -0.39 is 11.8 Å². The van der Waals surface area contributed by atoms with Gasteiger partial charge < -0.3 is 5.11 Å². The number of hydrogen-bond donors (Lipinski definition) is 1. The zero-order valence-corrected chi connectivity index (χ0v) is 10.1. The number of benzene rings is 1. The molecule has 18 heavy (non-hydrogen) atoms. The second-order valence-corrected chi connectivity index (χ2v) is 4.07. The van der Waals surface area contributed by atoms with E-state index in [1.165, 1.54) is 12.3 Å². The summed E-state index contributed by atoms with van der Waals surface area (Å²) in [4.78, 5) is 18.1. The van der Waals surface area contributed by atoms with Crippen LogP contribution in [0.25, 0.3) is 11.3 Å². The normalized spacial score (nSPS) is 10.4. The van der Waals surface area contributed by atoms with Crippen molar-refractivity contribution in [1.82, 2.24) is 9.97 Å². The number of carboxylic acids is 1. The number of carboxylic acid groups (broad SMARTS) is 1. The number of aryl methyl sites for hydroxylation is 1. The first-order valence-corrected chi connectivity index (χ1v) is 5.39. The molecule has 0 aliphatic carbocycles. The van der Waals surface area contributed by atoms with Crippen molar-refractivity contribution in [2.24, 2.45) is 0 Å². The van der Waals surface area contributed by atoms with Crippen LogP contribution in [0.1, 0.15) is 16.2 Å². The molecule has 0 aliphatic rings. The van der Waals surface area contributed by atoms with Crippen molar-refractivity contribution in [3.63, 3.8) is 0 Å². The molecule has 6 heteroatoms. The van der Waals surface area contributed by atoms with Crippen molar-refractivity contribution in [1.29, 1.82) is 0 Å². The van der Waals surface area contributed by atoms with Crippen molar-refractivity contribution in [3.05, 3.63) is 46.6 Å². The highest BCUT2D eigenvalue weighted by Crippen LogP contribution is 2.26. The van der Waals surface area contributed by atoms with Gasteiger partial charge in [0.05, 0.1) is 16.9 Å². The van der Waals surface area contributed by atoms with Gasteiger partial charge in [0.1, 0.15) is 5.82 Å². The van der Waals surface area contributed by atoms with Gasteiger partial charge in [-0.15, -0.1) is 0 Å². The van der Waals surface area contributed by atoms with Crippen LogP contribution in [0.5, 0.6) is 0 Å². The zero-order chi connectivity index (χ0) is 13.3. The molecule has 1 heterocycles. The fourth-order valence-electron chi connectivity index (χ4n) is 1.41. The molecule has 0 aliphatic heterocycles. The van der Waals surface area contributed by atoms with E-state index in [0.717, 1.165) is 0 Å². The molecule has 0 atom stereocenters. The molecule has 0 unspecified atom stereocenters. The molecule has 2 aromatic rings. The summed E-state index contributed by atoms with van der Waals surface area (Å²) < 4.78 is 13.5. The molecular weight excluding hydrogens is 259 g/mol. The lowest BCUT2D eigenvalue weighted by Gasteiger charge is -2.05. The van der Waals surface area contributed by atoms with Crippen molar-refractivity contribution < 1.29 is 14.3 Å². The van der Waals surface area contributed by atoms with Gasteiger partial charge in [0.15, 0.2) is 0 Å². The summed E-state index contributed by atoms with van der Waals surface area (Å²) in [6.45, 7) is 1.63. The van der Waals surface area contributed by atoms with Crippen LogP contribution in [0, 0.1) is 12.7 Å². The van der Waals surface area contributed by atoms with Gasteiger partial charge in [0.2, 0.25) is 5.82 Å². The molecule has 0 radical (unpaired) electrons. The van der Waals surface area contributed by atoms with Crippen molar-refractivity contribution in [2.45, 2.75) is 6.92 Å². The van der Waals surface area contributed by atoms with Gasteiger partial charge in [-0.2, -0.15) is 0 Å². The quantitative estimate of drug-likeness (QED) is 0.908. The van der Waals surface area contributed by atoms with E-state index in [-0.39, 0.29) is 16.5 Å². The van der Waals surface area contributed by atoms with E-state index in [0.29, 0.717) is 11.1 Å². The summed E-state index contributed by atoms with van der Waals surface area (Å²) in [7, 11) is 0. The molecule has 4 nitrogen and oxygen atoms in total. The maximum absolute atomic E-state index is 13.5. The average Bonchev–Trinajstić information content (AvgIpc) is 2.33. The molecule has 0 amide bonds. The number of rotatable bonds is 2. The van der Waals surface area contributed by atoms with E-state index in [9.17, 15) is 9.18 Å². The lowest BCUT2D eigenvalue weighted by molar-refractivity contribution is 0.0683. The number of halogens is 2. The predicted molar refractivity (Wildman–Crippen MR) is 64.1 cm³/mol. The van der Waals surface area contributed by atoms with Gasteiger partial charge in [-0.3, -0.25) is 0 Å². The summed E-state index contributed by atoms with van der Waals surface area (Å²) >= 11 is 5.89. The Morgan fingerprint density at radius 3 is 2.78 bits per heavy atom. The number of nitrogens with zero attached hydrogens (tertiary/aromatic N) is 2. The highest BCUT2D eigenvalue weighted by Gasteiger charge is 2.13. The third kappa shape index (κ3) is 2.31. The van der Waals surface area contributed by atoms with Crippen LogP contribution in [0.3, 0.4) is 0 Å². The lowest BCUT2D eigenvalue weighted by Crippen LogP contribution is -2.05. The fraction of sp³-hybridized carbons (Fsp3) is 0.0833. The molecule has 0 spiro atoms. The molecule has 0 saturated heterocycles. The smallest absolute Gasteiger partial charge is 0.373 e.